The van der Waals surface area contributed by atoms with Crippen molar-refractivity contribution in [2.45, 2.75) is 11.8 Å². The number of halogens is 3. The van der Waals surface area contributed by atoms with Crippen molar-refractivity contribution in [1.82, 2.24) is 5.32 Å². The van der Waals surface area contributed by atoms with Gasteiger partial charge in [-0.2, -0.15) is 0 Å². The fourth-order valence-electron chi connectivity index (χ4n) is 0.973. The van der Waals surface area contributed by atoms with Crippen molar-refractivity contribution in [2.75, 3.05) is 6.54 Å². The molecule has 0 bridgehead atoms. The van der Waals surface area contributed by atoms with E-state index in [1.54, 1.807) is 12.1 Å². The highest BCUT2D eigenvalue weighted by Crippen LogP contribution is 2.19. The predicted octanol–water partition coefficient (Wildman–Crippen LogP) is 3.46. The van der Waals surface area contributed by atoms with Gasteiger partial charge in [0.2, 0.25) is 0 Å². The van der Waals surface area contributed by atoms with Crippen molar-refractivity contribution < 1.29 is 4.79 Å². The summed E-state index contributed by atoms with van der Waals surface area (Å²) in [6.45, 7) is 2.57. The van der Waals surface area contributed by atoms with Crippen molar-refractivity contribution in [3.8, 4) is 0 Å². The van der Waals surface area contributed by atoms with Gasteiger partial charge in [0.1, 0.15) is 0 Å². The number of nitrogens with one attached hydrogen (secondary N) is 1. The van der Waals surface area contributed by atoms with Crippen LogP contribution in [0.15, 0.2) is 18.2 Å². The molecule has 1 aromatic rings. The molecular weight excluding hydrogens is 392 g/mol. The fourth-order valence-corrected chi connectivity index (χ4v) is 1.65. The van der Waals surface area contributed by atoms with Gasteiger partial charge in [0, 0.05) is 20.5 Å². The van der Waals surface area contributed by atoms with Crippen molar-refractivity contribution in [2.24, 2.45) is 0 Å². The van der Waals surface area contributed by atoms with Crippen molar-refractivity contribution >= 4 is 56.0 Å². The lowest BCUT2D eigenvalue weighted by molar-refractivity contribution is 0.0954. The van der Waals surface area contributed by atoms with Crippen LogP contribution in [0.5, 0.6) is 0 Å². The highest BCUT2D eigenvalue weighted by atomic mass is 127. The largest absolute Gasteiger partial charge is 0.351 e. The van der Waals surface area contributed by atoms with Crippen LogP contribution in [-0.2, 0) is 0 Å². The van der Waals surface area contributed by atoms with E-state index in [0.717, 1.165) is 3.57 Å². The Balaban J connectivity index is 2.70. The Morgan fingerprint density at radius 1 is 1.67 bits per heavy atom. The molecule has 2 nitrogen and oxygen atoms in total. The van der Waals surface area contributed by atoms with Crippen LogP contribution in [0.25, 0.3) is 0 Å². The summed E-state index contributed by atoms with van der Waals surface area (Å²) >= 11 is 11.4. The lowest BCUT2D eigenvalue weighted by atomic mass is 10.2. The summed E-state index contributed by atoms with van der Waals surface area (Å²) < 4.78 is 0.944. The first kappa shape index (κ1) is 13.3. The molecule has 0 aliphatic rings. The second kappa shape index (κ2) is 6.06. The first-order chi connectivity index (χ1) is 7.00. The highest BCUT2D eigenvalue weighted by molar-refractivity contribution is 14.1. The molecule has 15 heavy (non-hydrogen) atoms. The molecule has 0 aliphatic heterocycles. The molecule has 0 saturated heterocycles. The lowest BCUT2D eigenvalue weighted by Crippen LogP contribution is -2.28. The number of rotatable bonds is 3. The molecule has 1 amide bonds. The lowest BCUT2D eigenvalue weighted by Gasteiger charge is -2.07. The SMILES string of the molecule is CC(Br)CNC(=O)c1ccc(I)c(Cl)c1. The Bertz CT molecular complexity index is 370. The van der Waals surface area contributed by atoms with Crippen LogP contribution in [0, 0.1) is 3.57 Å². The quantitative estimate of drug-likeness (QED) is 0.609. The van der Waals surface area contributed by atoms with Gasteiger partial charge in [-0.05, 0) is 40.8 Å². The van der Waals surface area contributed by atoms with Crippen LogP contribution in [0.4, 0.5) is 0 Å². The van der Waals surface area contributed by atoms with E-state index in [2.05, 4.69) is 43.8 Å². The minimum absolute atomic E-state index is 0.0976. The number of carbonyl (C=O) groups is 1. The van der Waals surface area contributed by atoms with Crippen LogP contribution >= 0.6 is 50.1 Å². The summed E-state index contributed by atoms with van der Waals surface area (Å²) in [7, 11) is 0. The van der Waals surface area contributed by atoms with E-state index in [-0.39, 0.29) is 10.7 Å². The van der Waals surface area contributed by atoms with E-state index < -0.39 is 0 Å². The van der Waals surface area contributed by atoms with Crippen LogP contribution in [-0.4, -0.2) is 17.3 Å². The molecule has 82 valence electrons. The van der Waals surface area contributed by atoms with Gasteiger partial charge in [0.25, 0.3) is 5.91 Å². The maximum Gasteiger partial charge on any atom is 0.251 e. The zero-order valence-electron chi connectivity index (χ0n) is 8.06. The average Bonchev–Trinajstić information content (AvgIpc) is 2.18. The fraction of sp³-hybridized carbons (Fsp3) is 0.300. The van der Waals surface area contributed by atoms with Crippen molar-refractivity contribution in [3.05, 3.63) is 32.4 Å². The first-order valence-corrected chi connectivity index (χ1v) is 6.75. The second-order valence-corrected chi connectivity index (χ2v) is 6.25. The van der Waals surface area contributed by atoms with E-state index in [1.807, 2.05) is 13.0 Å². The Hall–Kier alpha value is 0.190. The van der Waals surface area contributed by atoms with Crippen LogP contribution < -0.4 is 5.32 Å². The summed E-state index contributed by atoms with van der Waals surface area (Å²) in [6.07, 6.45) is 0. The first-order valence-electron chi connectivity index (χ1n) is 4.38. The number of hydrogen-bond donors (Lipinski definition) is 1. The van der Waals surface area contributed by atoms with Gasteiger partial charge >= 0.3 is 0 Å². The molecule has 0 aromatic heterocycles. The molecule has 0 saturated carbocycles. The third-order valence-corrected chi connectivity index (χ3v) is 3.62. The molecule has 1 rings (SSSR count). The number of carbonyl (C=O) groups excluding carboxylic acids is 1. The average molecular weight is 402 g/mol. The van der Waals surface area contributed by atoms with Gasteiger partial charge < -0.3 is 5.32 Å². The van der Waals surface area contributed by atoms with Crippen LogP contribution in [0.1, 0.15) is 17.3 Å². The molecule has 0 aliphatic carbocycles. The van der Waals surface area contributed by atoms with Gasteiger partial charge in [-0.15, -0.1) is 0 Å². The Kier molecular flexibility index (Phi) is 5.35. The van der Waals surface area contributed by atoms with Crippen molar-refractivity contribution in [1.29, 1.82) is 0 Å². The maximum atomic E-state index is 11.6. The van der Waals surface area contributed by atoms with E-state index in [1.165, 1.54) is 0 Å². The van der Waals surface area contributed by atoms with Gasteiger partial charge in [0.15, 0.2) is 0 Å². The molecule has 1 unspecified atom stereocenters. The van der Waals surface area contributed by atoms with E-state index >= 15 is 0 Å². The molecule has 5 heteroatoms. The number of hydrogen-bond acceptors (Lipinski definition) is 1. The van der Waals surface area contributed by atoms with Crippen LogP contribution in [0.3, 0.4) is 0 Å². The smallest absolute Gasteiger partial charge is 0.251 e. The molecule has 1 N–H and O–H groups in total. The standard InChI is InChI=1S/C10H10BrClINO/c1-6(11)5-14-10(15)7-2-3-9(13)8(12)4-7/h2-4,6H,5H2,1H3,(H,14,15). The van der Waals surface area contributed by atoms with E-state index in [9.17, 15) is 4.79 Å². The van der Waals surface area contributed by atoms with Gasteiger partial charge in [-0.1, -0.05) is 34.5 Å². The van der Waals surface area contributed by atoms with Gasteiger partial charge in [-0.3, -0.25) is 4.79 Å². The van der Waals surface area contributed by atoms with Gasteiger partial charge in [0.05, 0.1) is 5.02 Å². The highest BCUT2D eigenvalue weighted by Gasteiger charge is 2.07. The Labute approximate surface area is 116 Å². The molecule has 0 heterocycles. The third kappa shape index (κ3) is 4.28. The van der Waals surface area contributed by atoms with Gasteiger partial charge in [-0.25, -0.2) is 0 Å². The number of alkyl halides is 1. The molecule has 0 radical (unpaired) electrons. The minimum atomic E-state index is -0.0976. The van der Waals surface area contributed by atoms with E-state index in [0.29, 0.717) is 17.1 Å². The van der Waals surface area contributed by atoms with E-state index in [4.69, 9.17) is 11.6 Å². The Morgan fingerprint density at radius 2 is 2.33 bits per heavy atom. The third-order valence-electron chi connectivity index (χ3n) is 1.73. The number of amides is 1. The summed E-state index contributed by atoms with van der Waals surface area (Å²) in [5, 5.41) is 3.40. The molecule has 1 aromatic carbocycles. The molecule has 1 atom stereocenters. The van der Waals surface area contributed by atoms with Crippen LogP contribution in [0.2, 0.25) is 5.02 Å². The zero-order chi connectivity index (χ0) is 11.4. The summed E-state index contributed by atoms with van der Waals surface area (Å²) in [4.78, 5) is 11.9. The minimum Gasteiger partial charge on any atom is -0.351 e. The topological polar surface area (TPSA) is 29.1 Å². The number of benzene rings is 1. The molecule has 0 fully saturated rings. The normalized spacial score (nSPS) is 12.3. The summed E-state index contributed by atoms with van der Waals surface area (Å²) in [5.74, 6) is -0.0976. The Morgan fingerprint density at radius 3 is 2.87 bits per heavy atom. The van der Waals surface area contributed by atoms with Crippen molar-refractivity contribution in [3.63, 3.8) is 0 Å². The maximum absolute atomic E-state index is 11.6. The zero-order valence-corrected chi connectivity index (χ0v) is 12.6. The molecular formula is C10H10BrClINO. The summed E-state index contributed by atoms with van der Waals surface area (Å²) in [5.41, 5.74) is 0.591. The molecule has 0 spiro atoms. The summed E-state index contributed by atoms with van der Waals surface area (Å²) in [6, 6.07) is 5.27. The second-order valence-electron chi connectivity index (χ2n) is 3.12. The predicted molar refractivity (Wildman–Crippen MR) is 74.9 cm³/mol. The monoisotopic (exact) mass is 401 g/mol.